The summed E-state index contributed by atoms with van der Waals surface area (Å²) in [6.07, 6.45) is 5.53. The highest BCUT2D eigenvalue weighted by Crippen LogP contribution is 2.30. The number of rotatable bonds is 7. The number of nitrogens with one attached hydrogen (secondary N) is 3. The van der Waals surface area contributed by atoms with Crippen LogP contribution in [0.1, 0.15) is 48.9 Å². The van der Waals surface area contributed by atoms with E-state index in [-0.39, 0.29) is 29.8 Å². The Morgan fingerprint density at radius 3 is 2.37 bits per heavy atom. The molecule has 182 valence electrons. The number of fused-ring (bicyclic) bond motifs is 1. The van der Waals surface area contributed by atoms with Crippen molar-refractivity contribution >= 4 is 40.2 Å². The minimum absolute atomic E-state index is 0.0430. The number of para-hydroxylation sites is 1. The molecule has 2 aliphatic carbocycles. The average molecular weight is 473 g/mol. The molecule has 0 radical (unpaired) electrons. The van der Waals surface area contributed by atoms with Crippen LogP contribution in [0.2, 0.25) is 0 Å². The lowest BCUT2D eigenvalue weighted by molar-refractivity contribution is -0.117. The Morgan fingerprint density at radius 2 is 1.63 bits per heavy atom. The molecule has 2 aromatic carbocycles. The molecule has 8 heteroatoms. The Kier molecular flexibility index (Phi) is 6.53. The maximum absolute atomic E-state index is 12.8. The number of aromatic nitrogens is 2. The third-order valence-electron chi connectivity index (χ3n) is 6.74. The molecule has 0 bridgehead atoms. The summed E-state index contributed by atoms with van der Waals surface area (Å²) in [6, 6.07) is 15.6. The van der Waals surface area contributed by atoms with Crippen LogP contribution in [-0.4, -0.2) is 48.0 Å². The largest absolute Gasteiger partial charge is 0.362 e. The molecule has 2 saturated carbocycles. The Balaban J connectivity index is 1.16. The lowest BCUT2D eigenvalue weighted by Gasteiger charge is -2.30. The number of carbonyl (C=O) groups is 2. The summed E-state index contributed by atoms with van der Waals surface area (Å²) in [5, 5.41) is 10.6. The molecule has 0 aliphatic heterocycles. The fourth-order valence-electron chi connectivity index (χ4n) is 4.63. The molecule has 3 aromatic rings. The Bertz CT molecular complexity index is 1230. The van der Waals surface area contributed by atoms with Crippen molar-refractivity contribution < 1.29 is 9.59 Å². The van der Waals surface area contributed by atoms with Gasteiger partial charge in [-0.25, -0.2) is 4.98 Å². The zero-order valence-corrected chi connectivity index (χ0v) is 20.3. The molecule has 1 aromatic heterocycles. The normalized spacial score (nSPS) is 19.7. The van der Waals surface area contributed by atoms with Crippen LogP contribution in [-0.2, 0) is 4.79 Å². The fraction of sp³-hybridized carbons (Fsp3) is 0.407. The smallest absolute Gasteiger partial charge is 0.251 e. The van der Waals surface area contributed by atoms with Crippen molar-refractivity contribution in [1.82, 2.24) is 15.3 Å². The summed E-state index contributed by atoms with van der Waals surface area (Å²) in [7, 11) is 3.98. The van der Waals surface area contributed by atoms with Crippen molar-refractivity contribution in [2.45, 2.75) is 50.6 Å². The minimum atomic E-state index is -0.0996. The molecule has 8 nitrogen and oxygen atoms in total. The molecule has 0 spiro atoms. The van der Waals surface area contributed by atoms with Crippen molar-refractivity contribution in [3.05, 3.63) is 54.1 Å². The monoisotopic (exact) mass is 472 g/mol. The van der Waals surface area contributed by atoms with Crippen LogP contribution >= 0.6 is 0 Å². The van der Waals surface area contributed by atoms with Crippen molar-refractivity contribution in [1.29, 1.82) is 0 Å². The predicted molar refractivity (Wildman–Crippen MR) is 139 cm³/mol. The van der Waals surface area contributed by atoms with Gasteiger partial charge in [-0.3, -0.25) is 9.59 Å². The van der Waals surface area contributed by atoms with E-state index in [1.807, 2.05) is 55.4 Å². The molecule has 35 heavy (non-hydrogen) atoms. The van der Waals surface area contributed by atoms with Crippen molar-refractivity contribution in [2.75, 3.05) is 29.6 Å². The SMILES string of the molecule is CN(C)c1nc(NC2CCC(NC(=O)c3cccc(NC(=O)C4CC4)c3)CC2)nc2ccccc12. The third kappa shape index (κ3) is 5.53. The van der Waals surface area contributed by atoms with E-state index >= 15 is 0 Å². The van der Waals surface area contributed by atoms with Crippen LogP contribution in [0, 0.1) is 5.92 Å². The summed E-state index contributed by atoms with van der Waals surface area (Å²) in [5.74, 6) is 1.61. The standard InChI is InChI=1S/C27H32N6O2/c1-33(2)24-22-8-3-4-9-23(22)31-27(32-24)30-20-14-12-19(13-15-20)28-26(35)18-6-5-7-21(16-18)29-25(34)17-10-11-17/h3-9,16-17,19-20H,10-15H2,1-2H3,(H,28,35)(H,29,34)(H,30,31,32). The van der Waals surface area contributed by atoms with Gasteiger partial charge >= 0.3 is 0 Å². The van der Waals surface area contributed by atoms with E-state index in [0.717, 1.165) is 55.2 Å². The number of carbonyl (C=O) groups excluding carboxylic acids is 2. The van der Waals surface area contributed by atoms with Crippen molar-refractivity contribution in [3.8, 4) is 0 Å². The number of hydrogen-bond donors (Lipinski definition) is 3. The highest BCUT2D eigenvalue weighted by molar-refractivity contribution is 5.98. The Hall–Kier alpha value is -3.68. The predicted octanol–water partition coefficient (Wildman–Crippen LogP) is 4.20. The minimum Gasteiger partial charge on any atom is -0.362 e. The van der Waals surface area contributed by atoms with Gasteiger partial charge in [0.15, 0.2) is 0 Å². The molecule has 0 unspecified atom stereocenters. The van der Waals surface area contributed by atoms with E-state index < -0.39 is 0 Å². The number of anilines is 3. The van der Waals surface area contributed by atoms with E-state index in [4.69, 9.17) is 9.97 Å². The molecule has 1 heterocycles. The van der Waals surface area contributed by atoms with Gasteiger partial charge < -0.3 is 20.9 Å². The second-order valence-corrected chi connectivity index (χ2v) is 9.79. The number of amides is 2. The maximum Gasteiger partial charge on any atom is 0.251 e. The van der Waals surface area contributed by atoms with Crippen LogP contribution in [0.25, 0.3) is 10.9 Å². The van der Waals surface area contributed by atoms with Gasteiger partial charge in [-0.05, 0) is 68.9 Å². The summed E-state index contributed by atoms with van der Waals surface area (Å²) >= 11 is 0. The van der Waals surface area contributed by atoms with Crippen LogP contribution in [0.3, 0.4) is 0 Å². The van der Waals surface area contributed by atoms with E-state index in [1.54, 1.807) is 12.1 Å². The lowest BCUT2D eigenvalue weighted by Crippen LogP contribution is -2.40. The first-order valence-corrected chi connectivity index (χ1v) is 12.4. The number of benzene rings is 2. The van der Waals surface area contributed by atoms with E-state index in [2.05, 4.69) is 16.0 Å². The first-order valence-electron chi connectivity index (χ1n) is 12.4. The summed E-state index contributed by atoms with van der Waals surface area (Å²) < 4.78 is 0. The maximum atomic E-state index is 12.8. The topological polar surface area (TPSA) is 99.3 Å². The number of hydrogen-bond acceptors (Lipinski definition) is 6. The van der Waals surface area contributed by atoms with Gasteiger partial charge in [0, 0.05) is 48.7 Å². The second kappa shape index (κ2) is 9.90. The van der Waals surface area contributed by atoms with Gasteiger partial charge in [0.05, 0.1) is 5.52 Å². The highest BCUT2D eigenvalue weighted by Gasteiger charge is 2.29. The third-order valence-corrected chi connectivity index (χ3v) is 6.74. The summed E-state index contributed by atoms with van der Waals surface area (Å²) in [6.45, 7) is 0. The molecule has 2 fully saturated rings. The van der Waals surface area contributed by atoms with Gasteiger partial charge in [-0.2, -0.15) is 4.98 Å². The van der Waals surface area contributed by atoms with Crippen LogP contribution in [0.4, 0.5) is 17.5 Å². The Morgan fingerprint density at radius 1 is 0.886 bits per heavy atom. The van der Waals surface area contributed by atoms with Gasteiger partial charge in [0.25, 0.3) is 5.91 Å². The zero-order valence-electron chi connectivity index (χ0n) is 20.3. The molecular formula is C27H32N6O2. The van der Waals surface area contributed by atoms with Crippen molar-refractivity contribution in [3.63, 3.8) is 0 Å². The van der Waals surface area contributed by atoms with Gasteiger partial charge in [0.1, 0.15) is 5.82 Å². The number of nitrogens with zero attached hydrogens (tertiary/aromatic N) is 3. The van der Waals surface area contributed by atoms with Crippen LogP contribution in [0.15, 0.2) is 48.5 Å². The zero-order chi connectivity index (χ0) is 24.4. The first kappa shape index (κ1) is 23.1. The highest BCUT2D eigenvalue weighted by atomic mass is 16.2. The summed E-state index contributed by atoms with van der Waals surface area (Å²) in [4.78, 5) is 36.3. The second-order valence-electron chi connectivity index (χ2n) is 9.79. The lowest BCUT2D eigenvalue weighted by atomic mass is 9.91. The van der Waals surface area contributed by atoms with E-state index in [0.29, 0.717) is 17.2 Å². The van der Waals surface area contributed by atoms with Crippen LogP contribution < -0.4 is 20.9 Å². The molecule has 0 atom stereocenters. The summed E-state index contributed by atoms with van der Waals surface area (Å²) in [5.41, 5.74) is 2.17. The molecule has 0 saturated heterocycles. The van der Waals surface area contributed by atoms with Crippen LogP contribution in [0.5, 0.6) is 0 Å². The quantitative estimate of drug-likeness (QED) is 0.477. The average Bonchev–Trinajstić information content (AvgIpc) is 3.71. The van der Waals surface area contributed by atoms with E-state index in [1.165, 1.54) is 0 Å². The van der Waals surface area contributed by atoms with Gasteiger partial charge in [-0.15, -0.1) is 0 Å². The van der Waals surface area contributed by atoms with E-state index in [9.17, 15) is 9.59 Å². The Labute approximate surface area is 205 Å². The van der Waals surface area contributed by atoms with Gasteiger partial charge in [-0.1, -0.05) is 18.2 Å². The molecular weight excluding hydrogens is 440 g/mol. The van der Waals surface area contributed by atoms with Crippen molar-refractivity contribution in [2.24, 2.45) is 5.92 Å². The first-order chi connectivity index (χ1) is 17.0. The molecule has 5 rings (SSSR count). The molecule has 3 N–H and O–H groups in total. The fourth-order valence-corrected chi connectivity index (χ4v) is 4.63. The molecule has 2 amide bonds. The molecule has 2 aliphatic rings. The van der Waals surface area contributed by atoms with Gasteiger partial charge in [0.2, 0.25) is 11.9 Å².